The molecule has 0 aliphatic carbocycles. The van der Waals surface area contributed by atoms with E-state index < -0.39 is 5.60 Å². The molecule has 2 atom stereocenters. The molecular weight excluding hydrogens is 212 g/mol. The first kappa shape index (κ1) is 16.6. The van der Waals surface area contributed by atoms with Gasteiger partial charge in [-0.1, -0.05) is 41.0 Å². The standard InChI is InChI=1S/C15H30O2/c1-6-10-14(16)15(9-4,17-11-7-2)12-13(5)8-3/h13H,6-12H2,1-5H3. The lowest BCUT2D eigenvalue weighted by atomic mass is 9.82. The summed E-state index contributed by atoms with van der Waals surface area (Å²) in [6.07, 6.45) is 5.32. The molecule has 0 rings (SSSR count). The van der Waals surface area contributed by atoms with E-state index in [1.54, 1.807) is 0 Å². The summed E-state index contributed by atoms with van der Waals surface area (Å²) in [7, 11) is 0. The van der Waals surface area contributed by atoms with Crippen molar-refractivity contribution in [2.75, 3.05) is 6.61 Å². The maximum absolute atomic E-state index is 12.3. The highest BCUT2D eigenvalue weighted by molar-refractivity contribution is 5.87. The molecule has 2 heteroatoms. The highest BCUT2D eigenvalue weighted by Gasteiger charge is 2.37. The minimum absolute atomic E-state index is 0.302. The van der Waals surface area contributed by atoms with Crippen molar-refractivity contribution in [3.8, 4) is 0 Å². The van der Waals surface area contributed by atoms with E-state index in [1.807, 2.05) is 0 Å². The molecule has 0 fully saturated rings. The Hall–Kier alpha value is -0.370. The van der Waals surface area contributed by atoms with Crippen LogP contribution in [0.3, 0.4) is 0 Å². The van der Waals surface area contributed by atoms with E-state index >= 15 is 0 Å². The second kappa shape index (κ2) is 8.68. The molecule has 0 spiro atoms. The van der Waals surface area contributed by atoms with Gasteiger partial charge < -0.3 is 4.74 Å². The van der Waals surface area contributed by atoms with Crippen molar-refractivity contribution in [1.82, 2.24) is 0 Å². The molecule has 0 aliphatic rings. The maximum Gasteiger partial charge on any atom is 0.164 e. The fourth-order valence-electron chi connectivity index (χ4n) is 2.16. The predicted octanol–water partition coefficient (Wildman–Crippen LogP) is 4.37. The van der Waals surface area contributed by atoms with Crippen LogP contribution in [0.4, 0.5) is 0 Å². The number of carbonyl (C=O) groups excluding carboxylic acids is 1. The van der Waals surface area contributed by atoms with Crippen molar-refractivity contribution in [2.24, 2.45) is 5.92 Å². The van der Waals surface area contributed by atoms with E-state index in [9.17, 15) is 4.79 Å². The van der Waals surface area contributed by atoms with Gasteiger partial charge in [-0.05, 0) is 31.6 Å². The van der Waals surface area contributed by atoms with Gasteiger partial charge in [0.2, 0.25) is 0 Å². The fraction of sp³-hybridized carbons (Fsp3) is 0.933. The van der Waals surface area contributed by atoms with Crippen LogP contribution in [0.25, 0.3) is 0 Å². The Balaban J connectivity index is 4.78. The molecule has 0 aromatic heterocycles. The van der Waals surface area contributed by atoms with E-state index in [1.165, 1.54) is 0 Å². The summed E-state index contributed by atoms with van der Waals surface area (Å²) in [5.74, 6) is 0.851. The average Bonchev–Trinajstić information content (AvgIpc) is 2.34. The van der Waals surface area contributed by atoms with Crippen molar-refractivity contribution in [1.29, 1.82) is 0 Å². The first-order valence-electron chi connectivity index (χ1n) is 7.23. The average molecular weight is 242 g/mol. The maximum atomic E-state index is 12.3. The molecule has 0 bridgehead atoms. The minimum Gasteiger partial charge on any atom is -0.367 e. The van der Waals surface area contributed by atoms with E-state index in [0.29, 0.717) is 24.7 Å². The van der Waals surface area contributed by atoms with Crippen molar-refractivity contribution in [3.63, 3.8) is 0 Å². The second-order valence-corrected chi connectivity index (χ2v) is 5.09. The first-order valence-corrected chi connectivity index (χ1v) is 7.23. The minimum atomic E-state index is -0.512. The summed E-state index contributed by atoms with van der Waals surface area (Å²) in [6.45, 7) is 11.3. The number of Topliss-reactive ketones (excluding diaryl/α,β-unsaturated/α-hetero) is 1. The van der Waals surface area contributed by atoms with Gasteiger partial charge in [-0.3, -0.25) is 4.79 Å². The molecule has 2 nitrogen and oxygen atoms in total. The van der Waals surface area contributed by atoms with Crippen LogP contribution >= 0.6 is 0 Å². The van der Waals surface area contributed by atoms with E-state index in [2.05, 4.69) is 34.6 Å². The normalized spacial score (nSPS) is 16.5. The number of hydrogen-bond donors (Lipinski definition) is 0. The van der Waals surface area contributed by atoms with E-state index in [0.717, 1.165) is 32.1 Å². The molecule has 0 aromatic rings. The largest absolute Gasteiger partial charge is 0.367 e. The molecule has 102 valence electrons. The Bertz CT molecular complexity index is 213. The first-order chi connectivity index (χ1) is 8.06. The third-order valence-corrected chi connectivity index (χ3v) is 3.51. The van der Waals surface area contributed by atoms with Gasteiger partial charge in [0.25, 0.3) is 0 Å². The molecule has 0 aliphatic heterocycles. The molecular formula is C15H30O2. The molecule has 0 amide bonds. The van der Waals surface area contributed by atoms with Crippen LogP contribution in [0.2, 0.25) is 0 Å². The Labute approximate surface area is 107 Å². The van der Waals surface area contributed by atoms with Gasteiger partial charge in [0.05, 0.1) is 0 Å². The van der Waals surface area contributed by atoms with Crippen LogP contribution in [-0.2, 0) is 9.53 Å². The van der Waals surface area contributed by atoms with Crippen LogP contribution < -0.4 is 0 Å². The van der Waals surface area contributed by atoms with Crippen LogP contribution in [-0.4, -0.2) is 18.0 Å². The van der Waals surface area contributed by atoms with Gasteiger partial charge in [-0.15, -0.1) is 0 Å². The van der Waals surface area contributed by atoms with Gasteiger partial charge in [0, 0.05) is 13.0 Å². The summed E-state index contributed by atoms with van der Waals surface area (Å²) in [6, 6.07) is 0. The van der Waals surface area contributed by atoms with Crippen LogP contribution in [0.1, 0.15) is 73.1 Å². The number of hydrogen-bond acceptors (Lipinski definition) is 2. The zero-order valence-electron chi connectivity index (χ0n) is 12.3. The highest BCUT2D eigenvalue weighted by atomic mass is 16.5. The van der Waals surface area contributed by atoms with Crippen LogP contribution in [0.15, 0.2) is 0 Å². The second-order valence-electron chi connectivity index (χ2n) is 5.09. The Morgan fingerprint density at radius 1 is 1.18 bits per heavy atom. The summed E-state index contributed by atoms with van der Waals surface area (Å²) in [4.78, 5) is 12.3. The zero-order chi connectivity index (χ0) is 13.3. The number of ether oxygens (including phenoxy) is 1. The summed E-state index contributed by atoms with van der Waals surface area (Å²) in [5.41, 5.74) is -0.512. The lowest BCUT2D eigenvalue weighted by molar-refractivity contribution is -0.148. The third-order valence-electron chi connectivity index (χ3n) is 3.51. The van der Waals surface area contributed by atoms with E-state index in [-0.39, 0.29) is 0 Å². The number of rotatable bonds is 10. The number of carbonyl (C=O) groups is 1. The van der Waals surface area contributed by atoms with Crippen LogP contribution in [0.5, 0.6) is 0 Å². The van der Waals surface area contributed by atoms with E-state index in [4.69, 9.17) is 4.74 Å². The Kier molecular flexibility index (Phi) is 8.49. The number of ketones is 1. The van der Waals surface area contributed by atoms with Crippen LogP contribution in [0, 0.1) is 5.92 Å². The van der Waals surface area contributed by atoms with Crippen molar-refractivity contribution < 1.29 is 9.53 Å². The molecule has 17 heavy (non-hydrogen) atoms. The Morgan fingerprint density at radius 2 is 1.82 bits per heavy atom. The van der Waals surface area contributed by atoms with Crippen molar-refractivity contribution in [2.45, 2.75) is 78.7 Å². The molecule has 0 heterocycles. The molecule has 0 saturated heterocycles. The van der Waals surface area contributed by atoms with Crippen molar-refractivity contribution >= 4 is 5.78 Å². The fourth-order valence-corrected chi connectivity index (χ4v) is 2.16. The predicted molar refractivity (Wildman–Crippen MR) is 73.3 cm³/mol. The summed E-state index contributed by atoms with van der Waals surface area (Å²) < 4.78 is 5.97. The topological polar surface area (TPSA) is 26.3 Å². The van der Waals surface area contributed by atoms with Gasteiger partial charge in [0.15, 0.2) is 5.78 Å². The lowest BCUT2D eigenvalue weighted by Crippen LogP contribution is -2.42. The molecule has 0 saturated carbocycles. The molecule has 0 aromatic carbocycles. The quantitative estimate of drug-likeness (QED) is 0.568. The van der Waals surface area contributed by atoms with Gasteiger partial charge in [0.1, 0.15) is 5.60 Å². The highest BCUT2D eigenvalue weighted by Crippen LogP contribution is 2.29. The summed E-state index contributed by atoms with van der Waals surface area (Å²) in [5, 5.41) is 0. The Morgan fingerprint density at radius 3 is 2.24 bits per heavy atom. The molecule has 2 unspecified atom stereocenters. The lowest BCUT2D eigenvalue weighted by Gasteiger charge is -2.33. The van der Waals surface area contributed by atoms with Gasteiger partial charge in [-0.2, -0.15) is 0 Å². The SMILES string of the molecule is CCCOC(CC)(CC(C)CC)C(=O)CCC. The molecule has 0 N–H and O–H groups in total. The molecule has 0 radical (unpaired) electrons. The third kappa shape index (κ3) is 5.20. The monoisotopic (exact) mass is 242 g/mol. The smallest absolute Gasteiger partial charge is 0.164 e. The van der Waals surface area contributed by atoms with Gasteiger partial charge in [-0.25, -0.2) is 0 Å². The summed E-state index contributed by atoms with van der Waals surface area (Å²) >= 11 is 0. The van der Waals surface area contributed by atoms with Crippen molar-refractivity contribution in [3.05, 3.63) is 0 Å². The zero-order valence-corrected chi connectivity index (χ0v) is 12.3. The van der Waals surface area contributed by atoms with Gasteiger partial charge >= 0.3 is 0 Å².